The van der Waals surface area contributed by atoms with Gasteiger partial charge in [0, 0.05) is 0 Å². The molecule has 0 amide bonds. The molecule has 0 spiro atoms. The maximum atomic E-state index is 10.7. The van der Waals surface area contributed by atoms with E-state index in [0.717, 1.165) is 17.4 Å². The van der Waals surface area contributed by atoms with Crippen LogP contribution in [0.15, 0.2) is 42.5 Å². The van der Waals surface area contributed by atoms with Crippen LogP contribution in [0.3, 0.4) is 0 Å². The Labute approximate surface area is 94.8 Å². The molecule has 0 bridgehead atoms. The zero-order valence-electron chi connectivity index (χ0n) is 9.22. The van der Waals surface area contributed by atoms with Crippen LogP contribution in [0.4, 0.5) is 0 Å². The van der Waals surface area contributed by atoms with Gasteiger partial charge in [0.1, 0.15) is 5.75 Å². The second-order valence-electron chi connectivity index (χ2n) is 3.71. The number of aldehydes is 1. The van der Waals surface area contributed by atoms with Crippen molar-refractivity contribution in [2.24, 2.45) is 0 Å². The number of fused-ring (bicyclic) bond motifs is 1. The highest BCUT2D eigenvalue weighted by Gasteiger charge is 2.05. The first-order valence-corrected chi connectivity index (χ1v) is 5.44. The highest BCUT2D eigenvalue weighted by Crippen LogP contribution is 2.21. The van der Waals surface area contributed by atoms with E-state index in [9.17, 15) is 4.79 Å². The van der Waals surface area contributed by atoms with Gasteiger partial charge in [-0.25, -0.2) is 0 Å². The predicted octanol–water partition coefficient (Wildman–Crippen LogP) is 3.20. The third-order valence-corrected chi connectivity index (χ3v) is 2.56. The fourth-order valence-electron chi connectivity index (χ4n) is 1.62. The molecule has 0 aliphatic heterocycles. The number of rotatable bonds is 4. The van der Waals surface area contributed by atoms with Crippen LogP contribution in [0, 0.1) is 0 Å². The van der Waals surface area contributed by atoms with Crippen molar-refractivity contribution in [1.29, 1.82) is 0 Å². The van der Waals surface area contributed by atoms with Crippen molar-refractivity contribution in [3.8, 4) is 5.75 Å². The molecule has 0 saturated heterocycles. The van der Waals surface area contributed by atoms with Crippen molar-refractivity contribution in [1.82, 2.24) is 0 Å². The Bertz CT molecular complexity index is 491. The SMILES string of the molecule is CCC(C=O)Oc1ccc2ccccc2c1. The molecule has 2 aromatic carbocycles. The van der Waals surface area contributed by atoms with E-state index in [0.29, 0.717) is 6.42 Å². The number of benzene rings is 2. The maximum absolute atomic E-state index is 10.7. The van der Waals surface area contributed by atoms with Crippen molar-refractivity contribution < 1.29 is 9.53 Å². The second kappa shape index (κ2) is 4.79. The molecule has 0 fully saturated rings. The fourth-order valence-corrected chi connectivity index (χ4v) is 1.62. The summed E-state index contributed by atoms with van der Waals surface area (Å²) < 4.78 is 5.55. The Balaban J connectivity index is 2.28. The van der Waals surface area contributed by atoms with E-state index in [-0.39, 0.29) is 6.10 Å². The lowest BCUT2D eigenvalue weighted by Crippen LogP contribution is -2.16. The third-order valence-electron chi connectivity index (χ3n) is 2.56. The molecule has 2 heteroatoms. The van der Waals surface area contributed by atoms with Gasteiger partial charge in [-0.3, -0.25) is 4.79 Å². The van der Waals surface area contributed by atoms with Crippen molar-refractivity contribution >= 4 is 17.1 Å². The highest BCUT2D eigenvalue weighted by molar-refractivity contribution is 5.83. The minimum atomic E-state index is -0.346. The van der Waals surface area contributed by atoms with E-state index in [1.54, 1.807) is 0 Å². The van der Waals surface area contributed by atoms with Gasteiger partial charge in [-0.15, -0.1) is 0 Å². The minimum Gasteiger partial charge on any atom is -0.483 e. The quantitative estimate of drug-likeness (QED) is 0.730. The van der Waals surface area contributed by atoms with Crippen LogP contribution in [0.5, 0.6) is 5.75 Å². The molecule has 0 N–H and O–H groups in total. The smallest absolute Gasteiger partial charge is 0.160 e. The number of hydrogen-bond acceptors (Lipinski definition) is 2. The monoisotopic (exact) mass is 214 g/mol. The summed E-state index contributed by atoms with van der Waals surface area (Å²) in [6.07, 6.45) is 1.19. The molecule has 0 heterocycles. The molecule has 1 unspecified atom stereocenters. The average molecular weight is 214 g/mol. The topological polar surface area (TPSA) is 26.3 Å². The lowest BCUT2D eigenvalue weighted by atomic mass is 10.1. The van der Waals surface area contributed by atoms with Gasteiger partial charge in [0.25, 0.3) is 0 Å². The lowest BCUT2D eigenvalue weighted by Gasteiger charge is -2.11. The van der Waals surface area contributed by atoms with Crippen molar-refractivity contribution in [3.05, 3.63) is 42.5 Å². The Morgan fingerprint density at radius 1 is 1.19 bits per heavy atom. The second-order valence-corrected chi connectivity index (χ2v) is 3.71. The van der Waals surface area contributed by atoms with Crippen LogP contribution >= 0.6 is 0 Å². The summed E-state index contributed by atoms with van der Waals surface area (Å²) in [7, 11) is 0. The molecule has 82 valence electrons. The first-order chi connectivity index (χ1) is 7.83. The Hall–Kier alpha value is -1.83. The summed E-state index contributed by atoms with van der Waals surface area (Å²) in [5.74, 6) is 0.748. The van der Waals surface area contributed by atoms with Gasteiger partial charge >= 0.3 is 0 Å². The predicted molar refractivity (Wildman–Crippen MR) is 64.7 cm³/mol. The van der Waals surface area contributed by atoms with Gasteiger partial charge in [-0.05, 0) is 29.3 Å². The van der Waals surface area contributed by atoms with Crippen molar-refractivity contribution in [2.75, 3.05) is 0 Å². The number of hydrogen-bond donors (Lipinski definition) is 0. The number of ether oxygens (including phenoxy) is 1. The maximum Gasteiger partial charge on any atom is 0.160 e. The Morgan fingerprint density at radius 2 is 1.94 bits per heavy atom. The Kier molecular flexibility index (Phi) is 3.20. The standard InChI is InChI=1S/C14H14O2/c1-2-13(10-15)16-14-8-7-11-5-3-4-6-12(11)9-14/h3-10,13H,2H2,1H3. The average Bonchev–Trinajstić information content (AvgIpc) is 2.35. The first kappa shape index (κ1) is 10.7. The van der Waals surface area contributed by atoms with Gasteiger partial charge in [0.05, 0.1) is 0 Å². The highest BCUT2D eigenvalue weighted by atomic mass is 16.5. The molecule has 0 aromatic heterocycles. The van der Waals surface area contributed by atoms with E-state index >= 15 is 0 Å². The van der Waals surface area contributed by atoms with Gasteiger partial charge in [0.15, 0.2) is 12.4 Å². The van der Waals surface area contributed by atoms with Crippen LogP contribution in [0.1, 0.15) is 13.3 Å². The zero-order chi connectivity index (χ0) is 11.4. The van der Waals surface area contributed by atoms with Crippen LogP contribution in [0.25, 0.3) is 10.8 Å². The summed E-state index contributed by atoms with van der Waals surface area (Å²) in [6, 6.07) is 13.9. The lowest BCUT2D eigenvalue weighted by molar-refractivity contribution is -0.113. The largest absolute Gasteiger partial charge is 0.483 e. The molecule has 1 atom stereocenters. The van der Waals surface area contributed by atoms with E-state index in [4.69, 9.17) is 4.74 Å². The van der Waals surface area contributed by atoms with Crippen LogP contribution in [-0.4, -0.2) is 12.4 Å². The number of carbonyl (C=O) groups is 1. The van der Waals surface area contributed by atoms with Gasteiger partial charge in [-0.1, -0.05) is 37.3 Å². The Morgan fingerprint density at radius 3 is 2.62 bits per heavy atom. The molecule has 2 rings (SSSR count). The molecular weight excluding hydrogens is 200 g/mol. The molecule has 0 radical (unpaired) electrons. The van der Waals surface area contributed by atoms with Crippen molar-refractivity contribution in [2.45, 2.75) is 19.4 Å². The van der Waals surface area contributed by atoms with Crippen molar-refractivity contribution in [3.63, 3.8) is 0 Å². The van der Waals surface area contributed by atoms with Gasteiger partial charge < -0.3 is 4.74 Å². The van der Waals surface area contributed by atoms with Crippen LogP contribution < -0.4 is 4.74 Å². The summed E-state index contributed by atoms with van der Waals surface area (Å²) >= 11 is 0. The molecule has 0 aliphatic carbocycles. The molecule has 0 aliphatic rings. The van der Waals surface area contributed by atoms with Gasteiger partial charge in [0.2, 0.25) is 0 Å². The summed E-state index contributed by atoms with van der Waals surface area (Å²) in [5.41, 5.74) is 0. The normalized spacial score (nSPS) is 12.3. The third kappa shape index (κ3) is 2.22. The van der Waals surface area contributed by atoms with E-state index < -0.39 is 0 Å². The van der Waals surface area contributed by atoms with E-state index in [1.807, 2.05) is 43.3 Å². The van der Waals surface area contributed by atoms with Crippen LogP contribution in [0.2, 0.25) is 0 Å². The summed E-state index contributed by atoms with van der Waals surface area (Å²) in [6.45, 7) is 1.93. The molecule has 2 aromatic rings. The van der Waals surface area contributed by atoms with Crippen LogP contribution in [-0.2, 0) is 4.79 Å². The van der Waals surface area contributed by atoms with E-state index in [2.05, 4.69) is 6.07 Å². The molecule has 0 saturated carbocycles. The molecule has 16 heavy (non-hydrogen) atoms. The molecule has 2 nitrogen and oxygen atoms in total. The van der Waals surface area contributed by atoms with Gasteiger partial charge in [-0.2, -0.15) is 0 Å². The minimum absolute atomic E-state index is 0.346. The zero-order valence-corrected chi connectivity index (χ0v) is 9.22. The first-order valence-electron chi connectivity index (χ1n) is 5.44. The summed E-state index contributed by atoms with van der Waals surface area (Å²) in [5, 5.41) is 2.30. The number of carbonyl (C=O) groups excluding carboxylic acids is 1. The fraction of sp³-hybridized carbons (Fsp3) is 0.214. The van der Waals surface area contributed by atoms with E-state index in [1.165, 1.54) is 5.39 Å². The molecular formula is C14H14O2. The summed E-state index contributed by atoms with van der Waals surface area (Å²) in [4.78, 5) is 10.7.